The summed E-state index contributed by atoms with van der Waals surface area (Å²) in [6.07, 6.45) is 2.70. The minimum atomic E-state index is 0.638. The molecule has 13 heavy (non-hydrogen) atoms. The zero-order valence-corrected chi connectivity index (χ0v) is 7.61. The lowest BCUT2D eigenvalue weighted by atomic mass is 10.3. The Morgan fingerprint density at radius 1 is 1.46 bits per heavy atom. The number of hydrogen-bond acceptors (Lipinski definition) is 2. The van der Waals surface area contributed by atoms with Crippen molar-refractivity contribution in [2.75, 3.05) is 0 Å². The van der Waals surface area contributed by atoms with Crippen LogP contribution in [0, 0.1) is 13.8 Å². The van der Waals surface area contributed by atoms with E-state index in [4.69, 9.17) is 0 Å². The van der Waals surface area contributed by atoms with Crippen LogP contribution in [0.4, 0.5) is 0 Å². The average molecular weight is 174 g/mol. The number of rotatable bonds is 1. The van der Waals surface area contributed by atoms with Gasteiger partial charge in [0.25, 0.3) is 0 Å². The number of aldehydes is 1. The van der Waals surface area contributed by atoms with Gasteiger partial charge in [-0.1, -0.05) is 6.07 Å². The molecule has 2 rings (SSSR count). The van der Waals surface area contributed by atoms with Crippen molar-refractivity contribution in [2.45, 2.75) is 13.8 Å². The van der Waals surface area contributed by atoms with Crippen molar-refractivity contribution in [3.05, 3.63) is 35.3 Å². The van der Waals surface area contributed by atoms with E-state index in [0.29, 0.717) is 5.69 Å². The third-order valence-corrected chi connectivity index (χ3v) is 2.18. The van der Waals surface area contributed by atoms with E-state index in [1.165, 1.54) is 0 Å². The molecule has 0 atom stereocenters. The molecule has 0 N–H and O–H groups in total. The summed E-state index contributed by atoms with van der Waals surface area (Å²) >= 11 is 0. The molecule has 2 heterocycles. The molecule has 0 bridgehead atoms. The van der Waals surface area contributed by atoms with Crippen LogP contribution in [0.25, 0.3) is 5.65 Å². The third kappa shape index (κ3) is 1.04. The summed E-state index contributed by atoms with van der Waals surface area (Å²) in [7, 11) is 0. The fourth-order valence-electron chi connectivity index (χ4n) is 1.48. The highest BCUT2D eigenvalue weighted by atomic mass is 16.1. The summed E-state index contributed by atoms with van der Waals surface area (Å²) in [5, 5.41) is 0. The maximum absolute atomic E-state index is 10.8. The summed E-state index contributed by atoms with van der Waals surface area (Å²) in [5.41, 5.74) is 3.36. The van der Waals surface area contributed by atoms with Crippen molar-refractivity contribution in [2.24, 2.45) is 0 Å². The van der Waals surface area contributed by atoms with Crippen LogP contribution in [0.5, 0.6) is 0 Å². The Morgan fingerprint density at radius 2 is 2.23 bits per heavy atom. The molecule has 0 amide bonds. The van der Waals surface area contributed by atoms with Gasteiger partial charge in [-0.3, -0.25) is 9.20 Å². The zero-order chi connectivity index (χ0) is 9.42. The molecule has 2 aromatic rings. The van der Waals surface area contributed by atoms with Crippen LogP contribution in [0.3, 0.4) is 0 Å². The Kier molecular flexibility index (Phi) is 1.65. The van der Waals surface area contributed by atoms with Gasteiger partial charge >= 0.3 is 0 Å². The number of aryl methyl sites for hydroxylation is 2. The first kappa shape index (κ1) is 7.98. The summed E-state index contributed by atoms with van der Waals surface area (Å²) < 4.78 is 1.82. The molecule has 0 fully saturated rings. The van der Waals surface area contributed by atoms with E-state index in [9.17, 15) is 4.79 Å². The molecular formula is C10H10N2O. The van der Waals surface area contributed by atoms with Crippen LogP contribution < -0.4 is 0 Å². The first-order valence-electron chi connectivity index (χ1n) is 4.13. The molecule has 66 valence electrons. The fourth-order valence-corrected chi connectivity index (χ4v) is 1.48. The average Bonchev–Trinajstić information content (AvgIpc) is 2.43. The molecule has 0 unspecified atom stereocenters. The van der Waals surface area contributed by atoms with Crippen molar-refractivity contribution < 1.29 is 4.79 Å². The number of carbonyl (C=O) groups excluding carboxylic acids is 1. The normalized spacial score (nSPS) is 10.6. The highest BCUT2D eigenvalue weighted by Gasteiger charge is 2.07. The Bertz CT molecular complexity index is 471. The summed E-state index contributed by atoms with van der Waals surface area (Å²) in [5.74, 6) is 0. The molecule has 0 radical (unpaired) electrons. The number of hydrogen-bond donors (Lipinski definition) is 0. The Hall–Kier alpha value is -1.64. The van der Waals surface area contributed by atoms with Gasteiger partial charge in [-0.25, -0.2) is 4.98 Å². The maximum Gasteiger partial charge on any atom is 0.168 e. The molecule has 0 saturated carbocycles. The standard InChI is InChI=1S/C10H10N2O/c1-7-4-3-5-12-9(6-13)8(2)11-10(7)12/h3-6H,1-2H3. The van der Waals surface area contributed by atoms with Gasteiger partial charge in [-0.05, 0) is 25.5 Å². The van der Waals surface area contributed by atoms with Gasteiger partial charge in [-0.15, -0.1) is 0 Å². The molecule has 0 saturated heterocycles. The first-order chi connectivity index (χ1) is 6.24. The number of fused-ring (bicyclic) bond motifs is 1. The third-order valence-electron chi connectivity index (χ3n) is 2.18. The van der Waals surface area contributed by atoms with Crippen LogP contribution in [0.1, 0.15) is 21.7 Å². The van der Waals surface area contributed by atoms with Gasteiger partial charge in [0.2, 0.25) is 0 Å². The largest absolute Gasteiger partial charge is 0.297 e. The molecule has 0 aromatic carbocycles. The fraction of sp³-hybridized carbons (Fsp3) is 0.200. The Morgan fingerprint density at radius 3 is 2.92 bits per heavy atom. The predicted octanol–water partition coefficient (Wildman–Crippen LogP) is 1.76. The zero-order valence-electron chi connectivity index (χ0n) is 7.61. The first-order valence-corrected chi connectivity index (χ1v) is 4.13. The molecule has 0 aliphatic carbocycles. The van der Waals surface area contributed by atoms with E-state index in [1.54, 1.807) is 0 Å². The van der Waals surface area contributed by atoms with Crippen molar-refractivity contribution >= 4 is 11.9 Å². The van der Waals surface area contributed by atoms with Gasteiger partial charge in [-0.2, -0.15) is 0 Å². The number of carbonyl (C=O) groups is 1. The van der Waals surface area contributed by atoms with Crippen LogP contribution in [0.15, 0.2) is 18.3 Å². The van der Waals surface area contributed by atoms with E-state index in [0.717, 1.165) is 23.2 Å². The van der Waals surface area contributed by atoms with E-state index < -0.39 is 0 Å². The maximum atomic E-state index is 10.8. The van der Waals surface area contributed by atoms with Gasteiger partial charge in [0.05, 0.1) is 5.69 Å². The Balaban J connectivity index is 2.93. The van der Waals surface area contributed by atoms with Gasteiger partial charge in [0.1, 0.15) is 11.3 Å². The van der Waals surface area contributed by atoms with Gasteiger partial charge < -0.3 is 0 Å². The lowest BCUT2D eigenvalue weighted by molar-refractivity contribution is 0.111. The monoisotopic (exact) mass is 174 g/mol. The number of imidazole rings is 1. The van der Waals surface area contributed by atoms with Crippen LogP contribution >= 0.6 is 0 Å². The van der Waals surface area contributed by atoms with Crippen LogP contribution in [0.2, 0.25) is 0 Å². The second-order valence-corrected chi connectivity index (χ2v) is 3.09. The SMILES string of the molecule is Cc1nc2c(C)cccn2c1C=O. The quantitative estimate of drug-likeness (QED) is 0.617. The lowest BCUT2D eigenvalue weighted by Crippen LogP contribution is -1.92. The number of aromatic nitrogens is 2. The highest BCUT2D eigenvalue weighted by Crippen LogP contribution is 2.13. The summed E-state index contributed by atoms with van der Waals surface area (Å²) in [6.45, 7) is 3.83. The molecule has 0 aliphatic rings. The molecule has 3 nitrogen and oxygen atoms in total. The second-order valence-electron chi connectivity index (χ2n) is 3.09. The van der Waals surface area contributed by atoms with E-state index >= 15 is 0 Å². The second kappa shape index (κ2) is 2.69. The summed E-state index contributed by atoms with van der Waals surface area (Å²) in [6, 6.07) is 3.90. The number of pyridine rings is 1. The van der Waals surface area contributed by atoms with E-state index in [2.05, 4.69) is 4.98 Å². The van der Waals surface area contributed by atoms with Crippen LogP contribution in [-0.4, -0.2) is 15.7 Å². The van der Waals surface area contributed by atoms with Crippen molar-refractivity contribution in [3.63, 3.8) is 0 Å². The molecule has 3 heteroatoms. The number of nitrogens with zero attached hydrogens (tertiary/aromatic N) is 2. The Labute approximate surface area is 76.0 Å². The van der Waals surface area contributed by atoms with Gasteiger partial charge in [0, 0.05) is 6.20 Å². The minimum absolute atomic E-state index is 0.638. The van der Waals surface area contributed by atoms with E-state index in [1.807, 2.05) is 36.6 Å². The molecular weight excluding hydrogens is 164 g/mol. The van der Waals surface area contributed by atoms with Crippen molar-refractivity contribution in [3.8, 4) is 0 Å². The molecule has 0 aliphatic heterocycles. The summed E-state index contributed by atoms with van der Waals surface area (Å²) in [4.78, 5) is 15.1. The molecule has 0 spiro atoms. The highest BCUT2D eigenvalue weighted by molar-refractivity contribution is 5.76. The van der Waals surface area contributed by atoms with Gasteiger partial charge in [0.15, 0.2) is 6.29 Å². The topological polar surface area (TPSA) is 34.4 Å². The van der Waals surface area contributed by atoms with Crippen molar-refractivity contribution in [1.82, 2.24) is 9.38 Å². The smallest absolute Gasteiger partial charge is 0.168 e. The molecule has 2 aromatic heterocycles. The minimum Gasteiger partial charge on any atom is -0.297 e. The van der Waals surface area contributed by atoms with Crippen LogP contribution in [-0.2, 0) is 0 Å². The van der Waals surface area contributed by atoms with Crippen molar-refractivity contribution in [1.29, 1.82) is 0 Å². The lowest BCUT2D eigenvalue weighted by Gasteiger charge is -1.96. The predicted molar refractivity (Wildman–Crippen MR) is 50.1 cm³/mol. The van der Waals surface area contributed by atoms with E-state index in [-0.39, 0.29) is 0 Å².